The topological polar surface area (TPSA) is 64.6 Å². The molecule has 1 amide bonds. The van der Waals surface area contributed by atoms with Crippen LogP contribution in [0.5, 0.6) is 5.75 Å². The van der Waals surface area contributed by atoms with Gasteiger partial charge in [-0.2, -0.15) is 0 Å². The number of likely N-dealkylation sites (N-methyl/N-ethyl adjacent to an activating group) is 1. The van der Waals surface area contributed by atoms with Gasteiger partial charge in [0, 0.05) is 12.8 Å². The molecule has 1 aromatic carbocycles. The van der Waals surface area contributed by atoms with Crippen molar-refractivity contribution >= 4 is 17.6 Å². The molecule has 1 aromatic rings. The number of ether oxygens (including phenoxy) is 2. The van der Waals surface area contributed by atoms with E-state index >= 15 is 0 Å². The van der Waals surface area contributed by atoms with Crippen molar-refractivity contribution in [2.75, 3.05) is 32.1 Å². The highest BCUT2D eigenvalue weighted by atomic mass is 16.5. The quantitative estimate of drug-likeness (QED) is 0.392. The van der Waals surface area contributed by atoms with Crippen LogP contribution in [0.4, 0.5) is 5.69 Å². The highest BCUT2D eigenvalue weighted by Gasteiger charge is 2.55. The first-order chi connectivity index (χ1) is 13.3. The first-order valence-electron chi connectivity index (χ1n) is 10.2. The molecule has 0 bridgehead atoms. The molecule has 1 saturated carbocycles. The Labute approximate surface area is 168 Å². The van der Waals surface area contributed by atoms with Crippen LogP contribution in [0.25, 0.3) is 0 Å². The van der Waals surface area contributed by atoms with Gasteiger partial charge in [0.1, 0.15) is 5.75 Å². The van der Waals surface area contributed by atoms with E-state index in [1.54, 1.807) is 20.1 Å². The average Bonchev–Trinajstić information content (AvgIpc) is 2.66. The maximum absolute atomic E-state index is 13.5. The van der Waals surface area contributed by atoms with Crippen LogP contribution < -0.4 is 10.1 Å². The van der Waals surface area contributed by atoms with Gasteiger partial charge in [0.15, 0.2) is 5.54 Å². The molecule has 0 spiro atoms. The fourth-order valence-corrected chi connectivity index (χ4v) is 4.47. The van der Waals surface area contributed by atoms with Crippen molar-refractivity contribution in [1.29, 1.82) is 0 Å². The summed E-state index contributed by atoms with van der Waals surface area (Å²) in [5.74, 6) is 0.0710. The second-order valence-electron chi connectivity index (χ2n) is 7.35. The molecule has 0 atom stereocenters. The Hall–Kier alpha value is -2.08. The first kappa shape index (κ1) is 22.2. The summed E-state index contributed by atoms with van der Waals surface area (Å²) in [4.78, 5) is 26.1. The van der Waals surface area contributed by atoms with Crippen LogP contribution in [-0.4, -0.2) is 48.7 Å². The lowest BCUT2D eigenvalue weighted by molar-refractivity contribution is -0.942. The third-order valence-electron chi connectivity index (χ3n) is 6.36. The maximum Gasteiger partial charge on any atom is 0.340 e. The van der Waals surface area contributed by atoms with Crippen molar-refractivity contribution in [1.82, 2.24) is 0 Å². The molecule has 0 radical (unpaired) electrons. The highest BCUT2D eigenvalue weighted by molar-refractivity contribution is 6.05. The van der Waals surface area contributed by atoms with Crippen molar-refractivity contribution in [3.05, 3.63) is 29.8 Å². The molecule has 0 aromatic heterocycles. The number of hydrogen-bond acceptors (Lipinski definition) is 4. The minimum Gasteiger partial charge on any atom is -0.497 e. The molecule has 28 heavy (non-hydrogen) atoms. The number of methoxy groups -OCH3 is 1. The normalized spacial score (nSPS) is 15.5. The zero-order valence-corrected chi connectivity index (χ0v) is 18.1. The van der Waals surface area contributed by atoms with Gasteiger partial charge in [-0.05, 0) is 51.8 Å². The molecule has 1 fully saturated rings. The van der Waals surface area contributed by atoms with Gasteiger partial charge < -0.3 is 19.3 Å². The van der Waals surface area contributed by atoms with Crippen LogP contribution in [-0.2, 0) is 9.53 Å². The summed E-state index contributed by atoms with van der Waals surface area (Å²) in [5, 5.41) is 3.09. The Morgan fingerprint density at radius 2 is 1.86 bits per heavy atom. The van der Waals surface area contributed by atoms with Gasteiger partial charge in [0.2, 0.25) is 0 Å². The van der Waals surface area contributed by atoms with E-state index in [4.69, 9.17) is 9.47 Å². The lowest BCUT2D eigenvalue weighted by Crippen LogP contribution is -2.70. The summed E-state index contributed by atoms with van der Waals surface area (Å²) in [5.41, 5.74) is 1.12. The monoisotopic (exact) mass is 390 g/mol. The van der Waals surface area contributed by atoms with Crippen LogP contribution in [0.2, 0.25) is 0 Å². The van der Waals surface area contributed by atoms with Gasteiger partial charge >= 0.3 is 5.97 Å². The van der Waals surface area contributed by atoms with Crippen LogP contribution in [0.3, 0.4) is 0 Å². The number of carbonyl (C=O) groups is 2. The molecular weight excluding hydrogens is 356 g/mol. The minimum atomic E-state index is -0.490. The number of aryl methyl sites for hydroxylation is 1. The number of nitrogens with zero attached hydrogens (tertiary/aromatic N) is 1. The average molecular weight is 391 g/mol. The second kappa shape index (κ2) is 8.95. The van der Waals surface area contributed by atoms with Crippen molar-refractivity contribution in [3.8, 4) is 5.75 Å². The summed E-state index contributed by atoms with van der Waals surface area (Å²) in [7, 11) is 1.55. The second-order valence-corrected chi connectivity index (χ2v) is 7.35. The number of anilines is 1. The van der Waals surface area contributed by atoms with E-state index in [2.05, 4.69) is 25.7 Å². The van der Waals surface area contributed by atoms with E-state index in [-0.39, 0.29) is 12.5 Å². The fourth-order valence-electron chi connectivity index (χ4n) is 4.47. The van der Waals surface area contributed by atoms with E-state index in [1.165, 1.54) is 0 Å². The van der Waals surface area contributed by atoms with Crippen molar-refractivity contribution in [2.24, 2.45) is 0 Å². The van der Waals surface area contributed by atoms with Gasteiger partial charge in [-0.15, -0.1) is 13.5 Å². The Bertz CT molecular complexity index is 713. The molecule has 0 unspecified atom stereocenters. The predicted octanol–water partition coefficient (Wildman–Crippen LogP) is 4.08. The molecule has 1 N–H and O–H groups in total. The van der Waals surface area contributed by atoms with Gasteiger partial charge in [-0.25, -0.2) is 4.79 Å². The number of esters is 1. The van der Waals surface area contributed by atoms with E-state index in [9.17, 15) is 9.59 Å². The minimum absolute atomic E-state index is 0.0284. The van der Waals surface area contributed by atoms with E-state index in [0.717, 1.165) is 37.9 Å². The van der Waals surface area contributed by atoms with Crippen LogP contribution in [0.1, 0.15) is 62.9 Å². The standard InChI is InChI=1S/C22H34N2O4/c1-7-24(8-2,9-3)22(12-11-13-22)21(26)23-19-16(5)14-17(27-6)15-18(19)20(25)28-10-4/h7,14-15H,8-13H2,1-6H3,(H,23,26). The third-order valence-corrected chi connectivity index (χ3v) is 6.36. The number of carbonyl (C=O) groups excluding carboxylic acids is 2. The summed E-state index contributed by atoms with van der Waals surface area (Å²) in [6.45, 7) is 14.0. The molecule has 2 rings (SSSR count). The maximum atomic E-state index is 13.5. The molecule has 156 valence electrons. The molecule has 0 saturated heterocycles. The lowest BCUT2D eigenvalue weighted by Gasteiger charge is -2.62. The molecule has 1 aliphatic rings. The number of benzene rings is 1. The zero-order valence-electron chi connectivity index (χ0n) is 18.1. The molecule has 1 aliphatic carbocycles. The Morgan fingerprint density at radius 3 is 2.29 bits per heavy atom. The van der Waals surface area contributed by atoms with Crippen molar-refractivity contribution in [2.45, 2.75) is 59.4 Å². The predicted molar refractivity (Wildman–Crippen MR) is 110 cm³/mol. The van der Waals surface area contributed by atoms with Crippen LogP contribution >= 0.6 is 0 Å². The summed E-state index contributed by atoms with van der Waals surface area (Å²) in [6, 6.07) is 3.45. The first-order valence-corrected chi connectivity index (χ1v) is 10.2. The summed E-state index contributed by atoms with van der Waals surface area (Å²) in [6.07, 6.45) is 2.72. The Kier molecular flexibility index (Phi) is 7.10. The number of hydrogen-bond donors (Lipinski definition) is 1. The van der Waals surface area contributed by atoms with Crippen molar-refractivity contribution in [3.63, 3.8) is 0 Å². The molecule has 6 nitrogen and oxygen atoms in total. The molecular formula is C22H34N2O4. The van der Waals surface area contributed by atoms with Gasteiger partial charge in [-0.3, -0.25) is 4.79 Å². The number of nitrogens with one attached hydrogen (secondary N) is 1. The molecule has 0 heterocycles. The number of quaternary nitrogens is 1. The van der Waals surface area contributed by atoms with E-state index in [1.807, 2.05) is 19.9 Å². The summed E-state index contributed by atoms with van der Waals surface area (Å²) < 4.78 is 11.1. The molecule has 6 heteroatoms. The van der Waals surface area contributed by atoms with Crippen LogP contribution in [0, 0.1) is 13.5 Å². The third kappa shape index (κ3) is 3.62. The fraction of sp³-hybridized carbons (Fsp3) is 0.591. The zero-order chi connectivity index (χ0) is 20.9. The SMILES string of the molecule is C[CH-][N+](CC)(CC)C1(C(=O)Nc2c(C)cc(OC)cc2C(=O)OCC)CCC1. The van der Waals surface area contributed by atoms with E-state index < -0.39 is 11.5 Å². The van der Waals surface area contributed by atoms with E-state index in [0.29, 0.717) is 21.5 Å². The van der Waals surface area contributed by atoms with Crippen molar-refractivity contribution < 1.29 is 23.5 Å². The van der Waals surface area contributed by atoms with Gasteiger partial charge in [0.05, 0.1) is 38.1 Å². The van der Waals surface area contributed by atoms with Gasteiger partial charge in [-0.1, -0.05) is 0 Å². The molecule has 0 aliphatic heterocycles. The number of amides is 1. The highest BCUT2D eigenvalue weighted by Crippen LogP contribution is 2.45. The largest absolute Gasteiger partial charge is 0.497 e. The Balaban J connectivity index is 2.46. The lowest BCUT2D eigenvalue weighted by atomic mass is 9.72. The van der Waals surface area contributed by atoms with Crippen LogP contribution in [0.15, 0.2) is 12.1 Å². The smallest absolute Gasteiger partial charge is 0.340 e. The Morgan fingerprint density at radius 1 is 1.21 bits per heavy atom. The van der Waals surface area contributed by atoms with Gasteiger partial charge in [0.25, 0.3) is 5.91 Å². The summed E-state index contributed by atoms with van der Waals surface area (Å²) >= 11 is 0. The number of rotatable bonds is 9.